The zero-order valence-corrected chi connectivity index (χ0v) is 25.9. The average molecular weight is 653 g/mol. The molecule has 0 aliphatic heterocycles. The molecule has 3 aromatic heterocycles. The highest BCUT2D eigenvalue weighted by Gasteiger charge is 2.21. The Labute approximate surface area is 302 Å². The molecule has 50 heavy (non-hydrogen) atoms. The van der Waals surface area contributed by atoms with E-state index in [-0.39, 0.29) is 50.5 Å². The van der Waals surface area contributed by atoms with Crippen LogP contribution in [0.4, 0.5) is 0 Å². The Balaban J connectivity index is 1.31. The molecule has 0 unspecified atom stereocenters. The Morgan fingerprint density at radius 1 is 0.400 bits per heavy atom. The summed E-state index contributed by atoms with van der Waals surface area (Å²) in [6.45, 7) is 0. The first-order valence-corrected chi connectivity index (χ1v) is 15.7. The summed E-state index contributed by atoms with van der Waals surface area (Å²) >= 11 is 0. The molecule has 10 aromatic rings. The van der Waals surface area contributed by atoms with Gasteiger partial charge in [-0.1, -0.05) is 127 Å². The van der Waals surface area contributed by atoms with Gasteiger partial charge in [-0.25, -0.2) is 15.0 Å². The van der Waals surface area contributed by atoms with Crippen LogP contribution in [0.15, 0.2) is 172 Å². The number of nitrogens with zero attached hydrogens (tertiary/aromatic N) is 3. The fraction of sp³-hybridized carbons (Fsp3) is 0. The lowest BCUT2D eigenvalue weighted by Gasteiger charge is -2.11. The van der Waals surface area contributed by atoms with Crippen molar-refractivity contribution in [3.8, 4) is 56.4 Å². The molecule has 5 heteroatoms. The molecule has 234 valence electrons. The van der Waals surface area contributed by atoms with Gasteiger partial charge in [-0.2, -0.15) is 0 Å². The number of rotatable bonds is 5. The molecule has 0 spiro atoms. The van der Waals surface area contributed by atoms with Gasteiger partial charge in [-0.3, -0.25) is 0 Å². The van der Waals surface area contributed by atoms with Gasteiger partial charge in [-0.05, 0) is 53.0 Å². The van der Waals surface area contributed by atoms with Crippen molar-refractivity contribution in [2.45, 2.75) is 0 Å². The minimum atomic E-state index is -0.689. The molecule has 0 atom stereocenters. The number of hydrogen-bond donors (Lipinski definition) is 0. The summed E-state index contributed by atoms with van der Waals surface area (Å²) in [5.41, 5.74) is 2.65. The summed E-state index contributed by atoms with van der Waals surface area (Å²) in [5.74, 6) is 0.175. The number of benzene rings is 7. The number of aromatic nitrogens is 3. The quantitative estimate of drug-likeness (QED) is 0.185. The van der Waals surface area contributed by atoms with Crippen LogP contribution in [0.2, 0.25) is 0 Å². The molecule has 0 saturated carbocycles. The predicted molar refractivity (Wildman–Crippen MR) is 202 cm³/mol. The number of hydrogen-bond acceptors (Lipinski definition) is 5. The Hall–Kier alpha value is -6.85. The van der Waals surface area contributed by atoms with Crippen molar-refractivity contribution in [1.82, 2.24) is 15.0 Å². The molecular weight excluding hydrogens is 615 g/mol. The summed E-state index contributed by atoms with van der Waals surface area (Å²) in [6, 6.07) is 23.6. The van der Waals surface area contributed by atoms with Crippen molar-refractivity contribution in [1.29, 1.82) is 0 Å². The fourth-order valence-corrected chi connectivity index (χ4v) is 6.25. The van der Waals surface area contributed by atoms with Crippen molar-refractivity contribution >= 4 is 43.9 Å². The number of furan rings is 2. The standard InChI is InChI=1S/C45H27N3O2/c1-3-11-28(12-4-1)29-19-21-31(22-20-29)43-46-44(32-23-24-35-34-15-7-9-17-38(34)49-40(35)27-32)48-45(47-43)37-26-25-33(30-13-5-2-6-14-30)42-41(37)36-16-8-10-18-39(36)50-42/h1-27H/i2D,5D,6D,8D,10D,13D,14D,16D,18D,25D,26D. The third-order valence-electron chi connectivity index (χ3n) is 8.62. The smallest absolute Gasteiger partial charge is 0.164 e. The topological polar surface area (TPSA) is 65.0 Å². The Bertz CT molecular complexity index is 3470. The van der Waals surface area contributed by atoms with E-state index in [1.165, 1.54) is 0 Å². The minimum Gasteiger partial charge on any atom is -0.456 e. The van der Waals surface area contributed by atoms with E-state index in [9.17, 15) is 2.74 Å². The normalized spacial score (nSPS) is 14.7. The second-order valence-corrected chi connectivity index (χ2v) is 11.6. The van der Waals surface area contributed by atoms with E-state index in [2.05, 4.69) is 0 Å². The highest BCUT2D eigenvalue weighted by Crippen LogP contribution is 2.42. The molecule has 0 N–H and O–H groups in total. The highest BCUT2D eigenvalue weighted by atomic mass is 16.3. The van der Waals surface area contributed by atoms with E-state index in [0.29, 0.717) is 22.3 Å². The van der Waals surface area contributed by atoms with Crippen LogP contribution < -0.4 is 0 Å². The van der Waals surface area contributed by atoms with Gasteiger partial charge in [0.2, 0.25) is 0 Å². The average Bonchev–Trinajstić information content (AvgIpc) is 3.86. The maximum Gasteiger partial charge on any atom is 0.164 e. The second-order valence-electron chi connectivity index (χ2n) is 11.6. The van der Waals surface area contributed by atoms with Gasteiger partial charge in [0.25, 0.3) is 0 Å². The van der Waals surface area contributed by atoms with E-state index in [4.69, 9.17) is 36.1 Å². The molecule has 0 aliphatic rings. The van der Waals surface area contributed by atoms with E-state index < -0.39 is 72.0 Å². The SMILES string of the molecule is [2H]c1c([2H])c([2H])c(-c2c([2H])c([2H])c(-c3nc(-c4ccc(-c5ccccc5)cc4)nc(-c4ccc5c(c4)oc4ccccc45)n3)c3c2oc2c([2H])c([2H])c([2H])c([2H])c23)c([2H])c1[2H]. The first-order valence-electron chi connectivity index (χ1n) is 21.2. The molecule has 0 saturated heterocycles. The van der Waals surface area contributed by atoms with E-state index in [0.717, 1.165) is 21.9 Å². The first kappa shape index (κ1) is 19.2. The van der Waals surface area contributed by atoms with Gasteiger partial charge in [0, 0.05) is 43.8 Å². The monoisotopic (exact) mass is 652 g/mol. The van der Waals surface area contributed by atoms with Gasteiger partial charge in [-0.15, -0.1) is 0 Å². The second kappa shape index (κ2) is 11.4. The van der Waals surface area contributed by atoms with Crippen LogP contribution in [-0.2, 0) is 0 Å². The van der Waals surface area contributed by atoms with E-state index >= 15 is 0 Å². The predicted octanol–water partition coefficient (Wildman–Crippen LogP) is 12.0. The van der Waals surface area contributed by atoms with Crippen LogP contribution in [0.5, 0.6) is 0 Å². The van der Waals surface area contributed by atoms with E-state index in [1.807, 2.05) is 91.0 Å². The molecule has 5 nitrogen and oxygen atoms in total. The minimum absolute atomic E-state index is 0.111. The fourth-order valence-electron chi connectivity index (χ4n) is 6.25. The van der Waals surface area contributed by atoms with Crippen molar-refractivity contribution in [3.05, 3.63) is 164 Å². The summed E-state index contributed by atoms with van der Waals surface area (Å²) in [4.78, 5) is 14.6. The maximum atomic E-state index is 9.58. The third kappa shape index (κ3) is 4.67. The molecule has 0 bridgehead atoms. The Kier molecular flexibility index (Phi) is 4.38. The van der Waals surface area contributed by atoms with Crippen LogP contribution in [0.25, 0.3) is 100 Å². The summed E-state index contributed by atoms with van der Waals surface area (Å²) in [7, 11) is 0. The van der Waals surface area contributed by atoms with Crippen LogP contribution in [0.3, 0.4) is 0 Å². The first-order chi connectivity index (χ1) is 29.3. The van der Waals surface area contributed by atoms with Crippen LogP contribution in [0, 0.1) is 0 Å². The number of fused-ring (bicyclic) bond motifs is 6. The Morgan fingerprint density at radius 3 is 1.90 bits per heavy atom. The van der Waals surface area contributed by atoms with Gasteiger partial charge >= 0.3 is 0 Å². The van der Waals surface area contributed by atoms with E-state index in [1.54, 1.807) is 6.07 Å². The molecule has 10 rings (SSSR count). The molecule has 7 aromatic carbocycles. The molecule has 0 fully saturated rings. The zero-order valence-electron chi connectivity index (χ0n) is 36.9. The summed E-state index contributed by atoms with van der Waals surface area (Å²) in [5, 5.41) is 1.50. The number of para-hydroxylation sites is 2. The van der Waals surface area contributed by atoms with Crippen LogP contribution >= 0.6 is 0 Å². The highest BCUT2D eigenvalue weighted by molar-refractivity contribution is 6.15. The maximum absolute atomic E-state index is 9.58. The van der Waals surface area contributed by atoms with Gasteiger partial charge < -0.3 is 8.83 Å². The van der Waals surface area contributed by atoms with Crippen LogP contribution in [0.1, 0.15) is 15.1 Å². The van der Waals surface area contributed by atoms with Crippen molar-refractivity contribution in [2.75, 3.05) is 0 Å². The lowest BCUT2D eigenvalue weighted by Crippen LogP contribution is -2.00. The van der Waals surface area contributed by atoms with Gasteiger partial charge in [0.1, 0.15) is 22.3 Å². The molecule has 0 radical (unpaired) electrons. The summed E-state index contributed by atoms with van der Waals surface area (Å²) in [6.07, 6.45) is 0. The van der Waals surface area contributed by atoms with Crippen LogP contribution in [-0.4, -0.2) is 15.0 Å². The Morgan fingerprint density at radius 2 is 1.04 bits per heavy atom. The van der Waals surface area contributed by atoms with Gasteiger partial charge in [0.15, 0.2) is 17.5 Å². The van der Waals surface area contributed by atoms with Gasteiger partial charge in [0.05, 0.1) is 15.1 Å². The lowest BCUT2D eigenvalue weighted by atomic mass is 9.98. The third-order valence-corrected chi connectivity index (χ3v) is 8.62. The molecule has 0 aliphatic carbocycles. The van der Waals surface area contributed by atoms with Crippen molar-refractivity contribution < 1.29 is 23.9 Å². The molecule has 3 heterocycles. The molecule has 0 amide bonds. The zero-order chi connectivity index (χ0) is 42.6. The largest absolute Gasteiger partial charge is 0.456 e. The molecular formula is C45H27N3O2. The summed E-state index contributed by atoms with van der Waals surface area (Å²) < 4.78 is 109. The lowest BCUT2D eigenvalue weighted by molar-refractivity contribution is 0.669. The van der Waals surface area contributed by atoms with Crippen molar-refractivity contribution in [3.63, 3.8) is 0 Å². The van der Waals surface area contributed by atoms with Crippen molar-refractivity contribution in [2.24, 2.45) is 0 Å².